The lowest BCUT2D eigenvalue weighted by molar-refractivity contribution is -0.127. The van der Waals surface area contributed by atoms with Gasteiger partial charge in [-0.2, -0.15) is 5.10 Å². The zero-order valence-corrected chi connectivity index (χ0v) is 18.0. The summed E-state index contributed by atoms with van der Waals surface area (Å²) in [5.41, 5.74) is 4.24. The van der Waals surface area contributed by atoms with Gasteiger partial charge in [-0.3, -0.25) is 9.59 Å². The van der Waals surface area contributed by atoms with E-state index in [1.165, 1.54) is 18.3 Å². The van der Waals surface area contributed by atoms with Crippen LogP contribution in [0.25, 0.3) is 16.8 Å². The Hall–Kier alpha value is -4.07. The molecule has 1 aliphatic rings. The molecule has 1 N–H and O–H groups in total. The van der Waals surface area contributed by atoms with Crippen LogP contribution in [0.4, 0.5) is 4.39 Å². The van der Waals surface area contributed by atoms with Gasteiger partial charge in [-0.1, -0.05) is 36.4 Å². The van der Waals surface area contributed by atoms with Crippen LogP contribution < -0.4 is 5.32 Å². The first kappa shape index (κ1) is 20.8. The van der Waals surface area contributed by atoms with E-state index in [1.807, 2.05) is 37.3 Å². The molecule has 5 rings (SSSR count). The standard InChI is InChI=1S/C25H22FN5O2/c1-16-13-28-23-21(14-29-31(23)15-16)25(33)30-9-8-27-24(32)22(30)11-17-4-2-5-18(10-17)19-6-3-7-20(26)12-19/h2-7,10,12-15,22H,8-9,11H2,1H3,(H,27,32)/t22-/m1/s1. The minimum absolute atomic E-state index is 0.203. The summed E-state index contributed by atoms with van der Waals surface area (Å²) in [7, 11) is 0. The summed E-state index contributed by atoms with van der Waals surface area (Å²) in [4.78, 5) is 32.2. The smallest absolute Gasteiger partial charge is 0.260 e. The van der Waals surface area contributed by atoms with Crippen molar-refractivity contribution < 1.29 is 14.0 Å². The Morgan fingerprint density at radius 1 is 1.15 bits per heavy atom. The number of carbonyl (C=O) groups is 2. The first-order valence-electron chi connectivity index (χ1n) is 10.7. The largest absolute Gasteiger partial charge is 0.353 e. The normalized spacial score (nSPS) is 16.1. The number of hydrogen-bond donors (Lipinski definition) is 1. The summed E-state index contributed by atoms with van der Waals surface area (Å²) < 4.78 is 15.2. The fourth-order valence-electron chi connectivity index (χ4n) is 4.20. The topological polar surface area (TPSA) is 79.6 Å². The second kappa shape index (κ2) is 8.46. The number of rotatable bonds is 4. The van der Waals surface area contributed by atoms with Gasteiger partial charge in [0.15, 0.2) is 5.65 Å². The number of halogens is 1. The zero-order chi connectivity index (χ0) is 22.9. The van der Waals surface area contributed by atoms with Crippen LogP contribution in [-0.2, 0) is 11.2 Å². The van der Waals surface area contributed by atoms with E-state index >= 15 is 0 Å². The van der Waals surface area contributed by atoms with Gasteiger partial charge < -0.3 is 10.2 Å². The second-order valence-corrected chi connectivity index (χ2v) is 8.18. The maximum absolute atomic E-state index is 13.7. The Labute approximate surface area is 189 Å². The molecule has 0 bridgehead atoms. The Morgan fingerprint density at radius 3 is 2.76 bits per heavy atom. The maximum Gasteiger partial charge on any atom is 0.260 e. The van der Waals surface area contributed by atoms with Crippen molar-refractivity contribution in [3.63, 3.8) is 0 Å². The van der Waals surface area contributed by atoms with E-state index in [0.717, 1.165) is 22.3 Å². The van der Waals surface area contributed by atoms with Crippen LogP contribution in [0.3, 0.4) is 0 Å². The molecule has 3 heterocycles. The monoisotopic (exact) mass is 443 g/mol. The highest BCUT2D eigenvalue weighted by Crippen LogP contribution is 2.24. The number of piperazine rings is 1. The van der Waals surface area contributed by atoms with Crippen LogP contribution in [-0.4, -0.2) is 50.4 Å². The van der Waals surface area contributed by atoms with Crippen molar-refractivity contribution in [1.29, 1.82) is 0 Å². The van der Waals surface area contributed by atoms with E-state index in [4.69, 9.17) is 0 Å². The van der Waals surface area contributed by atoms with Gasteiger partial charge >= 0.3 is 0 Å². The van der Waals surface area contributed by atoms with Crippen molar-refractivity contribution in [3.05, 3.63) is 89.6 Å². The predicted molar refractivity (Wildman–Crippen MR) is 121 cm³/mol. The van der Waals surface area contributed by atoms with Crippen LogP contribution in [0.2, 0.25) is 0 Å². The molecule has 2 aromatic heterocycles. The number of benzene rings is 2. The fourth-order valence-corrected chi connectivity index (χ4v) is 4.20. The van der Waals surface area contributed by atoms with Crippen LogP contribution in [0.5, 0.6) is 0 Å². The molecule has 1 atom stereocenters. The molecule has 33 heavy (non-hydrogen) atoms. The minimum atomic E-state index is -0.672. The average Bonchev–Trinajstić information content (AvgIpc) is 3.23. The molecule has 0 spiro atoms. The summed E-state index contributed by atoms with van der Waals surface area (Å²) in [6.07, 6.45) is 5.33. The maximum atomic E-state index is 13.7. The molecule has 1 saturated heterocycles. The second-order valence-electron chi connectivity index (χ2n) is 8.18. The molecule has 2 amide bonds. The molecule has 2 aromatic carbocycles. The van der Waals surface area contributed by atoms with Crippen LogP contribution in [0.15, 0.2) is 67.1 Å². The van der Waals surface area contributed by atoms with Gasteiger partial charge in [-0.15, -0.1) is 0 Å². The van der Waals surface area contributed by atoms with Gasteiger partial charge in [-0.25, -0.2) is 13.9 Å². The number of nitrogens with one attached hydrogen (secondary N) is 1. The Kier molecular flexibility index (Phi) is 5.34. The quantitative estimate of drug-likeness (QED) is 0.526. The van der Waals surface area contributed by atoms with E-state index in [9.17, 15) is 14.0 Å². The summed E-state index contributed by atoms with van der Waals surface area (Å²) in [6.45, 7) is 2.68. The molecule has 166 valence electrons. The van der Waals surface area contributed by atoms with Crippen molar-refractivity contribution >= 4 is 17.5 Å². The number of nitrogens with zero attached hydrogens (tertiary/aromatic N) is 4. The highest BCUT2D eigenvalue weighted by atomic mass is 19.1. The lowest BCUT2D eigenvalue weighted by Gasteiger charge is -2.35. The number of fused-ring (bicyclic) bond motifs is 1. The molecule has 0 radical (unpaired) electrons. The van der Waals surface area contributed by atoms with Gasteiger partial charge in [-0.05, 0) is 41.3 Å². The van der Waals surface area contributed by atoms with E-state index < -0.39 is 6.04 Å². The summed E-state index contributed by atoms with van der Waals surface area (Å²) in [6, 6.07) is 13.3. The molecule has 1 aliphatic heterocycles. The van der Waals surface area contributed by atoms with Gasteiger partial charge in [0.25, 0.3) is 5.91 Å². The third kappa shape index (κ3) is 4.07. The Balaban J connectivity index is 1.44. The lowest BCUT2D eigenvalue weighted by Crippen LogP contribution is -2.58. The van der Waals surface area contributed by atoms with E-state index in [-0.39, 0.29) is 17.6 Å². The van der Waals surface area contributed by atoms with E-state index in [0.29, 0.717) is 30.7 Å². The number of amides is 2. The van der Waals surface area contributed by atoms with Gasteiger partial charge in [0, 0.05) is 31.9 Å². The van der Waals surface area contributed by atoms with Crippen molar-refractivity contribution in [2.24, 2.45) is 0 Å². The van der Waals surface area contributed by atoms with Crippen molar-refractivity contribution in [1.82, 2.24) is 24.8 Å². The van der Waals surface area contributed by atoms with Crippen LogP contribution in [0.1, 0.15) is 21.5 Å². The van der Waals surface area contributed by atoms with Crippen LogP contribution in [0, 0.1) is 12.7 Å². The summed E-state index contributed by atoms with van der Waals surface area (Å²) in [5, 5.41) is 7.11. The minimum Gasteiger partial charge on any atom is -0.353 e. The predicted octanol–water partition coefficient (Wildman–Crippen LogP) is 3.03. The third-order valence-corrected chi connectivity index (χ3v) is 5.82. The van der Waals surface area contributed by atoms with Crippen molar-refractivity contribution in [2.75, 3.05) is 13.1 Å². The fraction of sp³-hybridized carbons (Fsp3) is 0.200. The van der Waals surface area contributed by atoms with Gasteiger partial charge in [0.2, 0.25) is 5.91 Å². The number of hydrogen-bond acceptors (Lipinski definition) is 4. The average molecular weight is 443 g/mol. The first-order chi connectivity index (χ1) is 16.0. The molecular formula is C25H22FN5O2. The summed E-state index contributed by atoms with van der Waals surface area (Å²) >= 11 is 0. The molecule has 0 unspecified atom stereocenters. The highest BCUT2D eigenvalue weighted by Gasteiger charge is 2.35. The Bertz CT molecular complexity index is 1370. The van der Waals surface area contributed by atoms with Crippen molar-refractivity contribution in [3.8, 4) is 11.1 Å². The summed E-state index contributed by atoms with van der Waals surface area (Å²) in [5.74, 6) is -0.785. The van der Waals surface area contributed by atoms with Crippen LogP contribution >= 0.6 is 0 Å². The molecule has 1 fully saturated rings. The first-order valence-corrected chi connectivity index (χ1v) is 10.7. The number of carbonyl (C=O) groups excluding carboxylic acids is 2. The highest BCUT2D eigenvalue weighted by molar-refractivity contribution is 6.02. The Morgan fingerprint density at radius 2 is 1.94 bits per heavy atom. The number of aromatic nitrogens is 3. The van der Waals surface area contributed by atoms with Gasteiger partial charge in [0.05, 0.1) is 6.20 Å². The van der Waals surface area contributed by atoms with E-state index in [1.54, 1.807) is 27.9 Å². The SMILES string of the molecule is Cc1cnc2c(C(=O)N3CCNC(=O)[C@H]3Cc3cccc(-c4cccc(F)c4)c3)cnn2c1. The molecule has 0 aliphatic carbocycles. The van der Waals surface area contributed by atoms with Crippen molar-refractivity contribution in [2.45, 2.75) is 19.4 Å². The zero-order valence-electron chi connectivity index (χ0n) is 18.0. The lowest BCUT2D eigenvalue weighted by atomic mass is 9.97. The molecule has 8 heteroatoms. The molecule has 0 saturated carbocycles. The number of aryl methyl sites for hydroxylation is 1. The van der Waals surface area contributed by atoms with E-state index in [2.05, 4.69) is 15.4 Å². The third-order valence-electron chi connectivity index (χ3n) is 5.82. The molecule has 7 nitrogen and oxygen atoms in total. The molecular weight excluding hydrogens is 421 g/mol. The van der Waals surface area contributed by atoms with Gasteiger partial charge in [0.1, 0.15) is 17.4 Å². The molecule has 4 aromatic rings.